The van der Waals surface area contributed by atoms with Crippen LogP contribution >= 0.6 is 0 Å². The molecule has 4 N–H and O–H groups in total. The van der Waals surface area contributed by atoms with E-state index < -0.39 is 0 Å². The predicted octanol–water partition coefficient (Wildman–Crippen LogP) is 3.15. The Labute approximate surface area is 112 Å². The molecule has 0 aliphatic heterocycles. The summed E-state index contributed by atoms with van der Waals surface area (Å²) in [6.07, 6.45) is 10.1. The first-order valence-corrected chi connectivity index (χ1v) is 5.41. The summed E-state index contributed by atoms with van der Waals surface area (Å²) >= 11 is 0. The molecular weight excluding hydrogens is 224 g/mol. The largest absolute Gasteiger partial charge is 2.00 e. The SMILES string of the molecule is O.O.[CH2-]CCCCC.[CH2-]CCCCC.[Ti+2]. The van der Waals surface area contributed by atoms with Gasteiger partial charge in [0, 0.05) is 0 Å². The van der Waals surface area contributed by atoms with E-state index in [9.17, 15) is 0 Å². The van der Waals surface area contributed by atoms with Crippen LogP contribution in [-0.2, 0) is 21.7 Å². The van der Waals surface area contributed by atoms with Crippen LogP contribution in [0.1, 0.15) is 65.2 Å². The fourth-order valence-electron chi connectivity index (χ4n) is 0.854. The minimum Gasteiger partial charge on any atom is -0.412 e. The molecule has 0 unspecified atom stereocenters. The Hall–Kier alpha value is 0.634. The van der Waals surface area contributed by atoms with Crippen molar-refractivity contribution >= 4 is 0 Å². The molecule has 0 aliphatic carbocycles. The van der Waals surface area contributed by atoms with Crippen LogP contribution in [0.25, 0.3) is 0 Å². The van der Waals surface area contributed by atoms with Gasteiger partial charge in [0.15, 0.2) is 0 Å². The Bertz CT molecular complexity index is 45.6. The molecule has 0 aliphatic rings. The standard InChI is InChI=1S/2C6H13.2H2O.Ti/c2*1-3-5-6-4-2;;;/h2*1,3-6H2,2H3;2*1H2;/q2*-1;;;+2. The van der Waals surface area contributed by atoms with Gasteiger partial charge in [0.1, 0.15) is 0 Å². The van der Waals surface area contributed by atoms with Crippen LogP contribution < -0.4 is 0 Å². The van der Waals surface area contributed by atoms with Gasteiger partial charge in [-0.1, -0.05) is 52.4 Å². The summed E-state index contributed by atoms with van der Waals surface area (Å²) in [4.78, 5) is 0. The van der Waals surface area contributed by atoms with Crippen LogP contribution in [0.4, 0.5) is 0 Å². The molecule has 0 aromatic rings. The summed E-state index contributed by atoms with van der Waals surface area (Å²) < 4.78 is 0. The number of hydrogen-bond acceptors (Lipinski definition) is 0. The van der Waals surface area contributed by atoms with Crippen molar-refractivity contribution in [1.29, 1.82) is 0 Å². The van der Waals surface area contributed by atoms with E-state index in [0.29, 0.717) is 0 Å². The molecule has 2 nitrogen and oxygen atoms in total. The van der Waals surface area contributed by atoms with Gasteiger partial charge in [-0.25, -0.2) is 0 Å². The van der Waals surface area contributed by atoms with Crippen molar-refractivity contribution in [3.8, 4) is 0 Å². The molecule has 0 aromatic heterocycles. The molecule has 0 spiro atoms. The Morgan fingerprint density at radius 2 is 0.933 bits per heavy atom. The van der Waals surface area contributed by atoms with Gasteiger partial charge >= 0.3 is 21.7 Å². The zero-order chi connectivity index (χ0) is 9.66. The van der Waals surface area contributed by atoms with Crippen LogP contribution in [0.15, 0.2) is 0 Å². The van der Waals surface area contributed by atoms with Crippen molar-refractivity contribution in [1.82, 2.24) is 0 Å². The smallest absolute Gasteiger partial charge is 0.412 e. The average Bonchev–Trinajstić information content (AvgIpc) is 2.12. The van der Waals surface area contributed by atoms with Gasteiger partial charge in [-0.3, -0.25) is 0 Å². The summed E-state index contributed by atoms with van der Waals surface area (Å²) in [5.74, 6) is 0. The Balaban J connectivity index is -0.0000000370. The van der Waals surface area contributed by atoms with E-state index in [2.05, 4.69) is 27.7 Å². The molecule has 0 amide bonds. The van der Waals surface area contributed by atoms with Crippen LogP contribution in [0.2, 0.25) is 0 Å². The van der Waals surface area contributed by atoms with Crippen molar-refractivity contribution in [3.63, 3.8) is 0 Å². The van der Waals surface area contributed by atoms with Crippen molar-refractivity contribution in [2.75, 3.05) is 0 Å². The molecule has 0 saturated heterocycles. The van der Waals surface area contributed by atoms with E-state index in [1.807, 2.05) is 0 Å². The molecule has 0 atom stereocenters. The maximum absolute atomic E-state index is 3.72. The zero-order valence-corrected chi connectivity index (χ0v) is 12.1. The van der Waals surface area contributed by atoms with E-state index in [1.165, 1.54) is 38.5 Å². The molecule has 3 heteroatoms. The van der Waals surface area contributed by atoms with Gasteiger partial charge in [0.2, 0.25) is 0 Å². The van der Waals surface area contributed by atoms with Crippen molar-refractivity contribution < 1.29 is 32.7 Å². The van der Waals surface area contributed by atoms with Crippen LogP contribution in [0, 0.1) is 13.8 Å². The maximum Gasteiger partial charge on any atom is 2.00 e. The van der Waals surface area contributed by atoms with Crippen LogP contribution in [0.5, 0.6) is 0 Å². The Kier molecular flexibility index (Phi) is 72.0. The van der Waals surface area contributed by atoms with Gasteiger partial charge in [0.25, 0.3) is 0 Å². The number of hydrogen-bond donors (Lipinski definition) is 0. The second kappa shape index (κ2) is 36.5. The van der Waals surface area contributed by atoms with Crippen LogP contribution in [-0.4, -0.2) is 11.0 Å². The second-order valence-electron chi connectivity index (χ2n) is 3.12. The van der Waals surface area contributed by atoms with Gasteiger partial charge in [-0.05, 0) is 0 Å². The normalized spacial score (nSPS) is 7.20. The third kappa shape index (κ3) is 53.1. The quantitative estimate of drug-likeness (QED) is 0.397. The molecule has 0 bridgehead atoms. The van der Waals surface area contributed by atoms with E-state index in [4.69, 9.17) is 0 Å². The third-order valence-electron chi connectivity index (χ3n) is 1.71. The topological polar surface area (TPSA) is 63.0 Å². The first-order valence-electron chi connectivity index (χ1n) is 5.41. The maximum atomic E-state index is 3.72. The van der Waals surface area contributed by atoms with E-state index in [1.54, 1.807) is 0 Å². The van der Waals surface area contributed by atoms with Gasteiger partial charge < -0.3 is 24.8 Å². The monoisotopic (exact) mass is 254 g/mol. The molecule has 0 saturated carbocycles. The predicted molar refractivity (Wildman–Crippen MR) is 66.2 cm³/mol. The molecule has 0 fully saturated rings. The zero-order valence-electron chi connectivity index (χ0n) is 10.6. The van der Waals surface area contributed by atoms with Crippen molar-refractivity contribution in [2.24, 2.45) is 0 Å². The minimum absolute atomic E-state index is 0. The van der Waals surface area contributed by atoms with Crippen molar-refractivity contribution in [2.45, 2.75) is 65.2 Å². The number of unbranched alkanes of at least 4 members (excludes halogenated alkanes) is 6. The van der Waals surface area contributed by atoms with Gasteiger partial charge in [-0.2, -0.15) is 12.8 Å². The van der Waals surface area contributed by atoms with Gasteiger partial charge in [-0.15, -0.1) is 0 Å². The molecule has 0 heterocycles. The Morgan fingerprint density at radius 1 is 0.667 bits per heavy atom. The third-order valence-corrected chi connectivity index (χ3v) is 1.71. The first-order chi connectivity index (χ1) is 5.83. The fraction of sp³-hybridized carbons (Fsp3) is 0.833. The van der Waals surface area contributed by atoms with Crippen molar-refractivity contribution in [3.05, 3.63) is 13.8 Å². The van der Waals surface area contributed by atoms with E-state index >= 15 is 0 Å². The van der Waals surface area contributed by atoms with Gasteiger partial charge in [0.05, 0.1) is 0 Å². The molecule has 15 heavy (non-hydrogen) atoms. The van der Waals surface area contributed by atoms with Crippen LogP contribution in [0.3, 0.4) is 0 Å². The molecule has 0 aromatic carbocycles. The molecular formula is C12H30O2Ti. The Morgan fingerprint density at radius 3 is 1.00 bits per heavy atom. The average molecular weight is 254 g/mol. The fourth-order valence-corrected chi connectivity index (χ4v) is 0.854. The summed E-state index contributed by atoms with van der Waals surface area (Å²) in [6.45, 7) is 11.9. The summed E-state index contributed by atoms with van der Waals surface area (Å²) in [5.41, 5.74) is 0. The summed E-state index contributed by atoms with van der Waals surface area (Å²) in [5, 5.41) is 0. The summed E-state index contributed by atoms with van der Waals surface area (Å²) in [7, 11) is 0. The molecule has 94 valence electrons. The number of rotatable bonds is 6. The first kappa shape index (κ1) is 29.6. The second-order valence-corrected chi connectivity index (χ2v) is 3.12. The molecule has 0 radical (unpaired) electrons. The molecule has 0 rings (SSSR count). The van der Waals surface area contributed by atoms with E-state index in [0.717, 1.165) is 12.8 Å². The minimum atomic E-state index is 0. The summed E-state index contributed by atoms with van der Waals surface area (Å²) in [6, 6.07) is 0. The van der Waals surface area contributed by atoms with E-state index in [-0.39, 0.29) is 32.7 Å².